The van der Waals surface area contributed by atoms with Crippen molar-refractivity contribution in [1.29, 1.82) is 0 Å². The molecular weight excluding hydrogens is 636 g/mol. The van der Waals surface area contributed by atoms with Gasteiger partial charge in [-0.3, -0.25) is 0 Å². The van der Waals surface area contributed by atoms with Gasteiger partial charge in [-0.05, 0) is 80.9 Å². The number of ether oxygens (including phenoxy) is 7. The second-order valence-corrected chi connectivity index (χ2v) is 12.4. The van der Waals surface area contributed by atoms with Crippen LogP contribution in [0.25, 0.3) is 20.5 Å². The van der Waals surface area contributed by atoms with E-state index < -0.39 is 5.60 Å². The van der Waals surface area contributed by atoms with Crippen LogP contribution in [0.5, 0.6) is 23.0 Å². The van der Waals surface area contributed by atoms with E-state index in [1.165, 1.54) is 0 Å². The smallest absolute Gasteiger partial charge is 0.332 e. The van der Waals surface area contributed by atoms with Crippen LogP contribution < -0.4 is 14.2 Å². The van der Waals surface area contributed by atoms with Crippen LogP contribution in [-0.2, 0) is 23.7 Å². The summed E-state index contributed by atoms with van der Waals surface area (Å²) in [6, 6.07) is 21.8. The fourth-order valence-electron chi connectivity index (χ4n) is 3.98. The van der Waals surface area contributed by atoms with Gasteiger partial charge in [-0.25, -0.2) is 4.79 Å². The highest BCUT2D eigenvalue weighted by Gasteiger charge is 2.18. The molecule has 0 bridgehead atoms. The number of rotatable bonds is 16. The molecule has 0 unspecified atom stereocenters. The second-order valence-electron chi connectivity index (χ2n) is 10.4. The van der Waals surface area contributed by atoms with Crippen molar-refractivity contribution < 1.29 is 38.0 Å². The maximum absolute atomic E-state index is 11.6. The number of hydrogen-bond acceptors (Lipinski definition) is 9. The van der Waals surface area contributed by atoms with Gasteiger partial charge in [-0.2, -0.15) is 0 Å². The summed E-state index contributed by atoms with van der Waals surface area (Å²) < 4.78 is 41.2. The Morgan fingerprint density at radius 1 is 0.767 bits per heavy atom. The summed E-state index contributed by atoms with van der Waals surface area (Å²) in [4.78, 5) is 12.6. The van der Waals surface area contributed by atoms with Crippen LogP contribution in [0.2, 0.25) is 0 Å². The van der Waals surface area contributed by atoms with E-state index in [0.29, 0.717) is 45.4 Å². The van der Waals surface area contributed by atoms with Crippen molar-refractivity contribution in [2.24, 2.45) is 0 Å². The molecule has 1 heterocycles. The number of thiophene rings is 1. The molecule has 0 aliphatic rings. The highest BCUT2D eigenvalue weighted by molar-refractivity contribution is 9.10. The zero-order valence-corrected chi connectivity index (χ0v) is 27.3. The Bertz CT molecular complexity index is 1450. The maximum Gasteiger partial charge on any atom is 0.332 e. The summed E-state index contributed by atoms with van der Waals surface area (Å²) in [6.45, 7) is 7.74. The quantitative estimate of drug-likeness (QED) is 0.0878. The van der Waals surface area contributed by atoms with E-state index >= 15 is 0 Å². The second kappa shape index (κ2) is 16.1. The number of benzene rings is 3. The zero-order valence-electron chi connectivity index (χ0n) is 24.9. The predicted octanol–water partition coefficient (Wildman–Crippen LogP) is 7.90. The molecule has 10 heteroatoms. The Labute approximate surface area is 264 Å². The van der Waals surface area contributed by atoms with Gasteiger partial charge in [0.05, 0.1) is 45.0 Å². The minimum Gasteiger partial charge on any atom is -0.497 e. The number of methoxy groups -OCH3 is 1. The van der Waals surface area contributed by atoms with E-state index in [-0.39, 0.29) is 12.6 Å². The molecule has 0 saturated heterocycles. The summed E-state index contributed by atoms with van der Waals surface area (Å²) in [6.07, 6.45) is 0. The summed E-state index contributed by atoms with van der Waals surface area (Å²) in [5.41, 5.74) is 0.562. The minimum absolute atomic E-state index is 0.0882. The Kier molecular flexibility index (Phi) is 12.2. The first-order valence-corrected chi connectivity index (χ1v) is 15.5. The van der Waals surface area contributed by atoms with Gasteiger partial charge in [0.15, 0.2) is 5.75 Å². The van der Waals surface area contributed by atoms with Crippen molar-refractivity contribution in [3.8, 4) is 33.4 Å². The largest absolute Gasteiger partial charge is 0.497 e. The van der Waals surface area contributed by atoms with E-state index in [1.807, 2.05) is 75.4 Å². The number of hydrogen-bond donors (Lipinski definition) is 0. The Morgan fingerprint density at radius 3 is 2.02 bits per heavy atom. The predicted molar refractivity (Wildman–Crippen MR) is 172 cm³/mol. The molecule has 0 N–H and O–H groups in total. The molecule has 1 aromatic heterocycles. The Balaban J connectivity index is 1.19. The number of carbonyl (C=O) groups is 1. The number of halogens is 1. The van der Waals surface area contributed by atoms with Gasteiger partial charge in [0.2, 0.25) is 0 Å². The van der Waals surface area contributed by atoms with Gasteiger partial charge in [-0.1, -0.05) is 28.1 Å². The topological polar surface area (TPSA) is 81.7 Å². The van der Waals surface area contributed by atoms with Crippen molar-refractivity contribution >= 4 is 43.3 Å². The van der Waals surface area contributed by atoms with E-state index in [1.54, 1.807) is 18.4 Å². The monoisotopic (exact) mass is 672 g/mol. The maximum atomic E-state index is 11.6. The van der Waals surface area contributed by atoms with Gasteiger partial charge >= 0.3 is 5.97 Å². The fourth-order valence-corrected chi connectivity index (χ4v) is 5.41. The first-order chi connectivity index (χ1) is 20.7. The molecule has 0 amide bonds. The van der Waals surface area contributed by atoms with Crippen LogP contribution in [0.15, 0.2) is 71.2 Å². The molecule has 8 nitrogen and oxygen atoms in total. The summed E-state index contributed by atoms with van der Waals surface area (Å²) in [5.74, 6) is 2.67. The Hall–Kier alpha value is -3.15. The third kappa shape index (κ3) is 10.5. The summed E-state index contributed by atoms with van der Waals surface area (Å²) in [5, 5.41) is 1.03. The highest BCUT2D eigenvalue weighted by Crippen LogP contribution is 2.47. The van der Waals surface area contributed by atoms with E-state index in [0.717, 1.165) is 42.2 Å². The van der Waals surface area contributed by atoms with Crippen molar-refractivity contribution in [2.45, 2.75) is 26.4 Å². The van der Waals surface area contributed by atoms with Crippen LogP contribution in [0.4, 0.5) is 0 Å². The summed E-state index contributed by atoms with van der Waals surface area (Å²) in [7, 11) is 1.67. The molecule has 0 fully saturated rings. The third-order valence-corrected chi connectivity index (χ3v) is 7.59. The lowest BCUT2D eigenvalue weighted by Crippen LogP contribution is -2.27. The molecule has 0 aliphatic carbocycles. The van der Waals surface area contributed by atoms with Crippen LogP contribution in [0, 0.1) is 0 Å². The van der Waals surface area contributed by atoms with Gasteiger partial charge in [0.25, 0.3) is 0 Å². The van der Waals surface area contributed by atoms with Crippen LogP contribution in [0.1, 0.15) is 20.8 Å². The van der Waals surface area contributed by atoms with Crippen molar-refractivity contribution in [3.05, 3.63) is 71.2 Å². The molecule has 0 atom stereocenters. The standard InChI is InChI=1S/C33H37BrO8S/c1-33(2,3)42-30(35)22-39-18-17-37-15-16-38-19-20-40-25-9-11-26(12-10-25)41-31-28-14-13-27(36-4)21-29(28)43-32(31)23-5-7-24(34)8-6-23/h5-14,21H,15-20,22H2,1-4H3. The lowest BCUT2D eigenvalue weighted by molar-refractivity contribution is -0.160. The molecule has 0 aliphatic heterocycles. The molecule has 3 aromatic carbocycles. The Morgan fingerprint density at radius 2 is 1.37 bits per heavy atom. The molecule has 4 rings (SSSR count). The van der Waals surface area contributed by atoms with Gasteiger partial charge < -0.3 is 33.2 Å². The lowest BCUT2D eigenvalue weighted by atomic mass is 10.1. The third-order valence-electron chi connectivity index (χ3n) is 5.88. The molecule has 43 heavy (non-hydrogen) atoms. The van der Waals surface area contributed by atoms with E-state index in [2.05, 4.69) is 28.1 Å². The van der Waals surface area contributed by atoms with E-state index in [4.69, 9.17) is 33.2 Å². The zero-order chi connectivity index (χ0) is 30.7. The van der Waals surface area contributed by atoms with Gasteiger partial charge in [-0.15, -0.1) is 11.3 Å². The average Bonchev–Trinajstić information content (AvgIpc) is 3.33. The normalized spacial score (nSPS) is 11.5. The fraction of sp³-hybridized carbons (Fsp3) is 0.364. The van der Waals surface area contributed by atoms with E-state index in [9.17, 15) is 4.79 Å². The number of esters is 1. The molecule has 0 saturated carbocycles. The highest BCUT2D eigenvalue weighted by atomic mass is 79.9. The minimum atomic E-state index is -0.517. The van der Waals surface area contributed by atoms with Crippen LogP contribution in [0.3, 0.4) is 0 Å². The van der Waals surface area contributed by atoms with Crippen molar-refractivity contribution in [3.63, 3.8) is 0 Å². The van der Waals surface area contributed by atoms with Crippen molar-refractivity contribution in [2.75, 3.05) is 53.4 Å². The number of fused-ring (bicyclic) bond motifs is 1. The van der Waals surface area contributed by atoms with Gasteiger partial charge in [0, 0.05) is 14.6 Å². The molecule has 0 spiro atoms. The first kappa shape index (κ1) is 32.8. The number of carbonyl (C=O) groups excluding carboxylic acids is 1. The molecule has 4 aromatic rings. The van der Waals surface area contributed by atoms with Gasteiger partial charge in [0.1, 0.15) is 36.1 Å². The van der Waals surface area contributed by atoms with Crippen LogP contribution >= 0.6 is 27.3 Å². The molecular formula is C33H37BrO8S. The summed E-state index contributed by atoms with van der Waals surface area (Å²) >= 11 is 5.19. The lowest BCUT2D eigenvalue weighted by Gasteiger charge is -2.19. The molecule has 0 radical (unpaired) electrons. The average molecular weight is 674 g/mol. The first-order valence-electron chi connectivity index (χ1n) is 13.9. The van der Waals surface area contributed by atoms with Crippen LogP contribution in [-0.4, -0.2) is 64.9 Å². The van der Waals surface area contributed by atoms with Crippen molar-refractivity contribution in [1.82, 2.24) is 0 Å². The SMILES string of the molecule is COc1ccc2c(Oc3ccc(OCCOCCOCCOCC(=O)OC(C)(C)C)cc3)c(-c3ccc(Br)cc3)sc2c1. The molecule has 230 valence electrons.